The lowest BCUT2D eigenvalue weighted by Gasteiger charge is -2.14. The summed E-state index contributed by atoms with van der Waals surface area (Å²) in [5, 5.41) is 7.82. The van der Waals surface area contributed by atoms with Gasteiger partial charge in [0.25, 0.3) is 6.47 Å². The molecule has 0 fully saturated rings. The number of rotatable bonds is 6. The van der Waals surface area contributed by atoms with E-state index in [1.807, 2.05) is 24.3 Å². The van der Waals surface area contributed by atoms with Crippen LogP contribution in [0.2, 0.25) is 5.02 Å². The fourth-order valence-electron chi connectivity index (χ4n) is 2.45. The molecule has 0 saturated carbocycles. The Morgan fingerprint density at radius 3 is 2.71 bits per heavy atom. The van der Waals surface area contributed by atoms with Crippen LogP contribution < -0.4 is 0 Å². The average molecular weight is 345 g/mol. The third kappa shape index (κ3) is 3.81. The van der Waals surface area contributed by atoms with Crippen LogP contribution in [0, 0.1) is 5.82 Å². The summed E-state index contributed by atoms with van der Waals surface area (Å²) in [5.74, 6) is -0.339. The molecule has 122 valence electrons. The van der Waals surface area contributed by atoms with Crippen molar-refractivity contribution in [3.63, 3.8) is 0 Å². The number of H-pyrrole nitrogens is 1. The van der Waals surface area contributed by atoms with Gasteiger partial charge in [0.2, 0.25) is 0 Å². The number of hydrogen-bond donors (Lipinski definition) is 1. The maximum absolute atomic E-state index is 13.0. The van der Waals surface area contributed by atoms with Gasteiger partial charge in [-0.15, -0.1) is 0 Å². The summed E-state index contributed by atoms with van der Waals surface area (Å²) in [6.07, 6.45) is -0.117. The topological polar surface area (TPSA) is 55.0 Å². The van der Waals surface area contributed by atoms with Gasteiger partial charge in [-0.3, -0.25) is 9.89 Å². The second kappa shape index (κ2) is 7.27. The fraction of sp³-hybridized carbons (Fsp3) is 0.111. The van der Waals surface area contributed by atoms with Crippen molar-refractivity contribution in [1.29, 1.82) is 0 Å². The number of benzene rings is 2. The van der Waals surface area contributed by atoms with Gasteiger partial charge in [0.05, 0.1) is 5.69 Å². The Kier molecular flexibility index (Phi) is 4.91. The van der Waals surface area contributed by atoms with E-state index in [4.69, 9.17) is 16.3 Å². The van der Waals surface area contributed by atoms with Crippen LogP contribution in [-0.4, -0.2) is 16.7 Å². The molecule has 1 atom stereocenters. The van der Waals surface area contributed by atoms with Crippen LogP contribution in [0.15, 0.2) is 54.6 Å². The molecule has 0 radical (unpaired) electrons. The third-order valence-corrected chi connectivity index (χ3v) is 3.85. The third-order valence-electron chi connectivity index (χ3n) is 3.62. The van der Waals surface area contributed by atoms with Crippen molar-refractivity contribution in [2.45, 2.75) is 12.5 Å². The molecule has 3 aromatic rings. The van der Waals surface area contributed by atoms with E-state index in [-0.39, 0.29) is 5.82 Å². The van der Waals surface area contributed by atoms with Gasteiger partial charge < -0.3 is 4.74 Å². The summed E-state index contributed by atoms with van der Waals surface area (Å²) in [6.45, 7) is 0.391. The first-order valence-electron chi connectivity index (χ1n) is 7.30. The largest absolute Gasteiger partial charge is 0.459 e. The second-order valence-electron chi connectivity index (χ2n) is 5.27. The minimum atomic E-state index is -0.518. The van der Waals surface area contributed by atoms with Crippen LogP contribution in [0.4, 0.5) is 4.39 Å². The normalized spacial score (nSPS) is 11.9. The molecule has 6 heteroatoms. The smallest absolute Gasteiger partial charge is 0.293 e. The zero-order valence-electron chi connectivity index (χ0n) is 12.6. The van der Waals surface area contributed by atoms with Crippen LogP contribution in [0.1, 0.15) is 17.4 Å². The summed E-state index contributed by atoms with van der Waals surface area (Å²) in [5.41, 5.74) is 3.14. The molecule has 1 heterocycles. The van der Waals surface area contributed by atoms with E-state index in [1.54, 1.807) is 18.2 Å². The van der Waals surface area contributed by atoms with Gasteiger partial charge in [0.1, 0.15) is 11.9 Å². The summed E-state index contributed by atoms with van der Waals surface area (Å²) in [7, 11) is 0. The monoisotopic (exact) mass is 344 g/mol. The lowest BCUT2D eigenvalue weighted by molar-refractivity contribution is -0.133. The molecular formula is C18H14ClFN2O2. The Morgan fingerprint density at radius 1 is 1.21 bits per heavy atom. The van der Waals surface area contributed by atoms with E-state index in [1.165, 1.54) is 12.1 Å². The van der Waals surface area contributed by atoms with Crippen molar-refractivity contribution in [2.24, 2.45) is 0 Å². The van der Waals surface area contributed by atoms with Gasteiger partial charge in [-0.1, -0.05) is 35.9 Å². The summed E-state index contributed by atoms with van der Waals surface area (Å²) >= 11 is 5.99. The van der Waals surface area contributed by atoms with Crippen LogP contribution in [-0.2, 0) is 16.0 Å². The predicted molar refractivity (Wildman–Crippen MR) is 89.0 cm³/mol. The molecule has 0 saturated heterocycles. The van der Waals surface area contributed by atoms with Crippen molar-refractivity contribution in [2.75, 3.05) is 0 Å². The molecule has 3 rings (SSSR count). The Labute approximate surface area is 143 Å². The molecule has 2 aromatic carbocycles. The highest BCUT2D eigenvalue weighted by Crippen LogP contribution is 2.25. The molecule has 0 amide bonds. The number of aromatic amines is 1. The van der Waals surface area contributed by atoms with Gasteiger partial charge in [-0.25, -0.2) is 4.39 Å². The molecule has 24 heavy (non-hydrogen) atoms. The SMILES string of the molecule is O=COC(Cc1cc(-c2cccc(Cl)c2)n[nH]1)c1ccc(F)cc1. The highest BCUT2D eigenvalue weighted by Gasteiger charge is 2.15. The summed E-state index contributed by atoms with van der Waals surface area (Å²) in [6, 6.07) is 15.1. The van der Waals surface area contributed by atoms with E-state index < -0.39 is 6.10 Å². The molecule has 0 aliphatic heterocycles. The number of nitrogens with one attached hydrogen (secondary N) is 1. The van der Waals surface area contributed by atoms with E-state index in [0.29, 0.717) is 23.5 Å². The number of ether oxygens (including phenoxy) is 1. The molecule has 0 spiro atoms. The number of nitrogens with zero attached hydrogens (tertiary/aromatic N) is 1. The van der Waals surface area contributed by atoms with Crippen molar-refractivity contribution in [3.05, 3.63) is 76.7 Å². The second-order valence-corrected chi connectivity index (χ2v) is 5.70. The van der Waals surface area contributed by atoms with Crippen LogP contribution in [0.25, 0.3) is 11.3 Å². The van der Waals surface area contributed by atoms with Crippen LogP contribution in [0.3, 0.4) is 0 Å². The fourth-order valence-corrected chi connectivity index (χ4v) is 2.64. The maximum atomic E-state index is 13.0. The highest BCUT2D eigenvalue weighted by atomic mass is 35.5. The zero-order valence-corrected chi connectivity index (χ0v) is 13.3. The summed E-state index contributed by atoms with van der Waals surface area (Å²) < 4.78 is 18.2. The average Bonchev–Trinajstić information content (AvgIpc) is 3.04. The van der Waals surface area contributed by atoms with Crippen molar-refractivity contribution in [1.82, 2.24) is 10.2 Å². The van der Waals surface area contributed by atoms with Gasteiger partial charge in [0.15, 0.2) is 0 Å². The van der Waals surface area contributed by atoms with E-state index in [9.17, 15) is 9.18 Å². The van der Waals surface area contributed by atoms with Crippen molar-refractivity contribution in [3.8, 4) is 11.3 Å². The molecule has 4 nitrogen and oxygen atoms in total. The Balaban J connectivity index is 1.80. The van der Waals surface area contributed by atoms with Crippen LogP contribution >= 0.6 is 11.6 Å². The molecule has 0 aliphatic carbocycles. The van der Waals surface area contributed by atoms with E-state index in [0.717, 1.165) is 17.0 Å². The molecule has 0 bridgehead atoms. The Morgan fingerprint density at radius 2 is 2.00 bits per heavy atom. The number of aromatic nitrogens is 2. The van der Waals surface area contributed by atoms with E-state index >= 15 is 0 Å². The highest BCUT2D eigenvalue weighted by molar-refractivity contribution is 6.30. The first-order valence-corrected chi connectivity index (χ1v) is 7.68. The molecule has 1 aromatic heterocycles. The molecular weight excluding hydrogens is 331 g/mol. The van der Waals surface area contributed by atoms with Crippen LogP contribution in [0.5, 0.6) is 0 Å². The standard InChI is InChI=1S/C18H14ClFN2O2/c19-14-3-1-2-13(8-14)17-9-16(21-22-17)10-18(24-11-23)12-4-6-15(20)7-5-12/h1-9,11,18H,10H2,(H,21,22). The molecule has 0 aliphatic rings. The van der Waals surface area contributed by atoms with Crippen molar-refractivity contribution >= 4 is 18.1 Å². The predicted octanol–water partition coefficient (Wildman–Crippen LogP) is 4.33. The van der Waals surface area contributed by atoms with Gasteiger partial charge in [-0.05, 0) is 35.9 Å². The zero-order chi connectivity index (χ0) is 16.9. The maximum Gasteiger partial charge on any atom is 0.293 e. The number of hydrogen-bond acceptors (Lipinski definition) is 3. The number of halogens is 2. The number of carbonyl (C=O) groups is 1. The minimum Gasteiger partial charge on any atom is -0.459 e. The quantitative estimate of drug-likeness (QED) is 0.677. The Bertz CT molecular complexity index is 833. The lowest BCUT2D eigenvalue weighted by atomic mass is 10.0. The molecule has 1 unspecified atom stereocenters. The van der Waals surface area contributed by atoms with Gasteiger partial charge >= 0.3 is 0 Å². The lowest BCUT2D eigenvalue weighted by Crippen LogP contribution is -2.07. The summed E-state index contributed by atoms with van der Waals surface area (Å²) in [4.78, 5) is 10.8. The molecule has 1 N–H and O–H groups in total. The van der Waals surface area contributed by atoms with E-state index in [2.05, 4.69) is 10.2 Å². The number of carbonyl (C=O) groups excluding carboxylic acids is 1. The van der Waals surface area contributed by atoms with Gasteiger partial charge in [0, 0.05) is 22.7 Å². The Hall–Kier alpha value is -2.66. The first-order chi connectivity index (χ1) is 11.7. The minimum absolute atomic E-state index is 0.339. The van der Waals surface area contributed by atoms with Crippen molar-refractivity contribution < 1.29 is 13.9 Å². The van der Waals surface area contributed by atoms with Gasteiger partial charge in [-0.2, -0.15) is 5.10 Å². The first kappa shape index (κ1) is 16.2.